The van der Waals surface area contributed by atoms with Gasteiger partial charge in [-0.3, -0.25) is 4.79 Å². The second kappa shape index (κ2) is 5.80. The van der Waals surface area contributed by atoms with E-state index in [0.29, 0.717) is 5.57 Å². The van der Waals surface area contributed by atoms with Gasteiger partial charge in [-0.2, -0.15) is 12.8 Å². The molecule has 0 aliphatic heterocycles. The number of hydrogen-bond donors (Lipinski definition) is 0. The Hall–Kier alpha value is -1.17. The van der Waals surface area contributed by atoms with Gasteiger partial charge in [0.1, 0.15) is 10.3 Å². The molecular formula is C15H15Cl2NO3S. The number of sulfonamides is 1. The number of benzene rings is 1. The van der Waals surface area contributed by atoms with Crippen molar-refractivity contribution < 1.29 is 13.2 Å². The minimum atomic E-state index is -3.93. The number of halogens is 2. The van der Waals surface area contributed by atoms with Gasteiger partial charge in [0.2, 0.25) is 0 Å². The molecule has 2 atom stereocenters. The van der Waals surface area contributed by atoms with Crippen LogP contribution in [0.2, 0.25) is 0 Å². The largest absolute Gasteiger partial charge is 0.293 e. The van der Waals surface area contributed by atoms with Crippen molar-refractivity contribution in [2.45, 2.75) is 35.9 Å². The average molecular weight is 360 g/mol. The van der Waals surface area contributed by atoms with Crippen molar-refractivity contribution in [2.24, 2.45) is 4.40 Å². The summed E-state index contributed by atoms with van der Waals surface area (Å²) in [5.41, 5.74) is 1.43. The molecule has 0 saturated heterocycles. The SMILES string of the molecule is CC1=CC(=O)C(Cl)C(C)(Cl)C1=NS(=O)(=O)c1ccc(C)cc1. The molecule has 0 radical (unpaired) electrons. The molecule has 22 heavy (non-hydrogen) atoms. The van der Waals surface area contributed by atoms with Gasteiger partial charge in [0.15, 0.2) is 5.78 Å². The van der Waals surface area contributed by atoms with Crippen LogP contribution in [0.15, 0.2) is 45.2 Å². The van der Waals surface area contributed by atoms with Crippen molar-refractivity contribution in [1.29, 1.82) is 0 Å². The zero-order valence-electron chi connectivity index (χ0n) is 12.3. The maximum absolute atomic E-state index is 12.4. The Morgan fingerprint density at radius 1 is 1.18 bits per heavy atom. The molecule has 118 valence electrons. The first-order chi connectivity index (χ1) is 10.1. The molecule has 4 nitrogen and oxygen atoms in total. The molecule has 7 heteroatoms. The number of rotatable bonds is 2. The number of hydrogen-bond acceptors (Lipinski definition) is 3. The lowest BCUT2D eigenvalue weighted by atomic mass is 9.87. The van der Waals surface area contributed by atoms with Gasteiger partial charge < -0.3 is 0 Å². The third kappa shape index (κ3) is 3.12. The number of ketones is 1. The number of aryl methyl sites for hydroxylation is 1. The second-order valence-electron chi connectivity index (χ2n) is 5.40. The Kier molecular flexibility index (Phi) is 4.53. The molecule has 2 unspecified atom stereocenters. The van der Waals surface area contributed by atoms with E-state index in [0.717, 1.165) is 5.56 Å². The van der Waals surface area contributed by atoms with E-state index in [1.165, 1.54) is 25.1 Å². The summed E-state index contributed by atoms with van der Waals surface area (Å²) in [6, 6.07) is 6.33. The van der Waals surface area contributed by atoms with Gasteiger partial charge in [-0.25, -0.2) is 0 Å². The van der Waals surface area contributed by atoms with Crippen molar-refractivity contribution in [1.82, 2.24) is 0 Å². The van der Waals surface area contributed by atoms with Crippen LogP contribution < -0.4 is 0 Å². The van der Waals surface area contributed by atoms with Crippen LogP contribution >= 0.6 is 23.2 Å². The molecule has 0 bridgehead atoms. The standard InChI is InChI=1S/C15H15Cl2NO3S/c1-9-4-6-11(7-5-9)22(20,21)18-14-10(2)8-12(19)13(16)15(14,3)17/h4-8,13H,1-3H3. The zero-order valence-corrected chi connectivity index (χ0v) is 14.6. The molecule has 2 rings (SSSR count). The maximum atomic E-state index is 12.4. The van der Waals surface area contributed by atoms with Crippen LogP contribution in [-0.4, -0.2) is 30.2 Å². The Balaban J connectivity index is 2.57. The lowest BCUT2D eigenvalue weighted by Gasteiger charge is -2.31. The normalized spacial score (nSPS) is 27.9. The fourth-order valence-electron chi connectivity index (χ4n) is 2.17. The van der Waals surface area contributed by atoms with E-state index >= 15 is 0 Å². The van der Waals surface area contributed by atoms with Crippen LogP contribution in [0.1, 0.15) is 19.4 Å². The summed E-state index contributed by atoms with van der Waals surface area (Å²) < 4.78 is 28.7. The average Bonchev–Trinajstić information content (AvgIpc) is 2.42. The molecule has 0 N–H and O–H groups in total. The lowest BCUT2D eigenvalue weighted by molar-refractivity contribution is -0.114. The van der Waals surface area contributed by atoms with Crippen molar-refractivity contribution >= 4 is 44.7 Å². The monoisotopic (exact) mass is 359 g/mol. The van der Waals surface area contributed by atoms with Crippen molar-refractivity contribution in [3.05, 3.63) is 41.5 Å². The van der Waals surface area contributed by atoms with Gasteiger partial charge in [-0.05, 0) is 44.6 Å². The Labute approximate surface area is 139 Å². The lowest BCUT2D eigenvalue weighted by Crippen LogP contribution is -2.46. The van der Waals surface area contributed by atoms with Gasteiger partial charge in [0.05, 0.1) is 10.6 Å². The van der Waals surface area contributed by atoms with Crippen LogP contribution in [-0.2, 0) is 14.8 Å². The van der Waals surface area contributed by atoms with Crippen molar-refractivity contribution in [2.75, 3.05) is 0 Å². The highest BCUT2D eigenvalue weighted by molar-refractivity contribution is 7.90. The summed E-state index contributed by atoms with van der Waals surface area (Å²) in [6.07, 6.45) is 1.27. The highest BCUT2D eigenvalue weighted by atomic mass is 35.5. The fraction of sp³-hybridized carbons (Fsp3) is 0.333. The number of allylic oxidation sites excluding steroid dienone is 2. The maximum Gasteiger partial charge on any atom is 0.282 e. The van der Waals surface area contributed by atoms with Crippen molar-refractivity contribution in [3.8, 4) is 0 Å². The molecule has 1 aromatic rings. The summed E-state index contributed by atoms with van der Waals surface area (Å²) in [5.74, 6) is -0.358. The molecule has 0 fully saturated rings. The minimum Gasteiger partial charge on any atom is -0.293 e. The van der Waals surface area contributed by atoms with E-state index in [-0.39, 0.29) is 16.4 Å². The number of alkyl halides is 2. The predicted molar refractivity (Wildman–Crippen MR) is 88.5 cm³/mol. The van der Waals surface area contributed by atoms with Gasteiger partial charge >= 0.3 is 0 Å². The van der Waals surface area contributed by atoms with E-state index in [1.807, 2.05) is 6.92 Å². The van der Waals surface area contributed by atoms with E-state index < -0.39 is 20.3 Å². The van der Waals surface area contributed by atoms with Crippen LogP contribution in [0.3, 0.4) is 0 Å². The van der Waals surface area contributed by atoms with Crippen LogP contribution in [0, 0.1) is 6.92 Å². The third-order valence-electron chi connectivity index (χ3n) is 3.45. The molecular weight excluding hydrogens is 345 g/mol. The second-order valence-corrected chi connectivity index (χ2v) is 8.22. The topological polar surface area (TPSA) is 63.6 Å². The Bertz CT molecular complexity index is 778. The highest BCUT2D eigenvalue weighted by Gasteiger charge is 2.44. The fourth-order valence-corrected chi connectivity index (χ4v) is 3.85. The van der Waals surface area contributed by atoms with Crippen LogP contribution in [0.25, 0.3) is 0 Å². The number of nitrogens with zero attached hydrogens (tertiary/aromatic N) is 1. The van der Waals surface area contributed by atoms with E-state index in [4.69, 9.17) is 23.2 Å². The van der Waals surface area contributed by atoms with E-state index in [1.54, 1.807) is 19.1 Å². The smallest absolute Gasteiger partial charge is 0.282 e. The summed E-state index contributed by atoms with van der Waals surface area (Å²) >= 11 is 12.3. The van der Waals surface area contributed by atoms with Crippen molar-refractivity contribution in [3.63, 3.8) is 0 Å². The highest BCUT2D eigenvalue weighted by Crippen LogP contribution is 2.35. The van der Waals surface area contributed by atoms with Gasteiger partial charge in [0, 0.05) is 0 Å². The molecule has 0 aromatic heterocycles. The molecule has 0 spiro atoms. The van der Waals surface area contributed by atoms with Gasteiger partial charge in [-0.15, -0.1) is 23.2 Å². The first-order valence-electron chi connectivity index (χ1n) is 6.53. The quantitative estimate of drug-likeness (QED) is 0.761. The minimum absolute atomic E-state index is 0.0638. The van der Waals surface area contributed by atoms with Gasteiger partial charge in [0.25, 0.3) is 10.0 Å². The summed E-state index contributed by atoms with van der Waals surface area (Å²) in [6.45, 7) is 4.94. The molecule has 1 aliphatic carbocycles. The number of carbonyl (C=O) groups is 1. The van der Waals surface area contributed by atoms with E-state index in [9.17, 15) is 13.2 Å². The third-order valence-corrected chi connectivity index (χ3v) is 5.90. The van der Waals surface area contributed by atoms with E-state index in [2.05, 4.69) is 4.40 Å². The summed E-state index contributed by atoms with van der Waals surface area (Å²) in [7, 11) is -3.93. The Morgan fingerprint density at radius 3 is 2.27 bits per heavy atom. The molecule has 0 saturated carbocycles. The van der Waals surface area contributed by atoms with Crippen LogP contribution in [0.5, 0.6) is 0 Å². The summed E-state index contributed by atoms with van der Waals surface area (Å²) in [4.78, 5) is 10.4. The zero-order chi connectivity index (χ0) is 16.7. The Morgan fingerprint density at radius 2 is 1.73 bits per heavy atom. The first-order valence-corrected chi connectivity index (χ1v) is 8.79. The molecule has 0 heterocycles. The molecule has 1 aliphatic rings. The molecule has 1 aromatic carbocycles. The first kappa shape index (κ1) is 17.2. The van der Waals surface area contributed by atoms with Crippen LogP contribution in [0.4, 0.5) is 0 Å². The van der Waals surface area contributed by atoms with Gasteiger partial charge in [-0.1, -0.05) is 17.7 Å². The molecule has 0 amide bonds. The number of carbonyl (C=O) groups excluding carboxylic acids is 1. The predicted octanol–water partition coefficient (Wildman–Crippen LogP) is 3.26. The summed E-state index contributed by atoms with van der Waals surface area (Å²) in [5, 5.41) is -1.06.